The van der Waals surface area contributed by atoms with Crippen molar-refractivity contribution in [2.24, 2.45) is 14.1 Å². The van der Waals surface area contributed by atoms with Crippen molar-refractivity contribution in [3.05, 3.63) is 32.6 Å². The summed E-state index contributed by atoms with van der Waals surface area (Å²) in [6, 6.07) is 0.0289. The monoisotopic (exact) mass is 292 g/mol. The Labute approximate surface area is 122 Å². The largest absolute Gasteiger partial charge is 0.383 e. The van der Waals surface area contributed by atoms with Crippen molar-refractivity contribution in [1.82, 2.24) is 14.1 Å². The van der Waals surface area contributed by atoms with E-state index in [1.807, 2.05) is 13.8 Å². The first-order chi connectivity index (χ1) is 9.88. The lowest BCUT2D eigenvalue weighted by atomic mass is 10.1. The van der Waals surface area contributed by atoms with E-state index in [2.05, 4.69) is 10.3 Å². The van der Waals surface area contributed by atoms with Crippen LogP contribution in [0.1, 0.15) is 12.5 Å². The second-order valence-corrected chi connectivity index (χ2v) is 5.22. The average molecular weight is 292 g/mol. The van der Waals surface area contributed by atoms with Gasteiger partial charge in [0, 0.05) is 33.4 Å². The van der Waals surface area contributed by atoms with Crippen LogP contribution < -0.4 is 16.6 Å². The molecule has 0 saturated carbocycles. The molecule has 0 bridgehead atoms. The van der Waals surface area contributed by atoms with Gasteiger partial charge >= 0.3 is 5.69 Å². The number of rotatable bonds is 4. The molecule has 0 aromatic carbocycles. The fourth-order valence-corrected chi connectivity index (χ4v) is 2.35. The Bertz CT molecular complexity index is 791. The molecule has 0 spiro atoms. The molecule has 114 valence electrons. The van der Waals surface area contributed by atoms with Gasteiger partial charge in [-0.15, -0.1) is 0 Å². The predicted octanol–water partition coefficient (Wildman–Crippen LogP) is 0.387. The third-order valence-electron chi connectivity index (χ3n) is 3.47. The van der Waals surface area contributed by atoms with Crippen LogP contribution >= 0.6 is 0 Å². The third kappa shape index (κ3) is 2.56. The Balaban J connectivity index is 2.78. The SMILES string of the molecule is COCC(C)Nc1c(C)cnc2c1c(=O)n(C)c(=O)n2C. The van der Waals surface area contributed by atoms with Gasteiger partial charge in [0.25, 0.3) is 5.56 Å². The van der Waals surface area contributed by atoms with E-state index < -0.39 is 0 Å². The van der Waals surface area contributed by atoms with Crippen LogP contribution in [0.2, 0.25) is 0 Å². The van der Waals surface area contributed by atoms with E-state index in [-0.39, 0.29) is 17.3 Å². The lowest BCUT2D eigenvalue weighted by molar-refractivity contribution is 0.190. The zero-order valence-electron chi connectivity index (χ0n) is 12.9. The van der Waals surface area contributed by atoms with E-state index in [0.717, 1.165) is 10.1 Å². The Morgan fingerprint density at radius 1 is 1.33 bits per heavy atom. The molecule has 0 amide bonds. The molecule has 7 heteroatoms. The van der Waals surface area contributed by atoms with Gasteiger partial charge in [0.1, 0.15) is 5.39 Å². The van der Waals surface area contributed by atoms with Crippen LogP contribution in [0.3, 0.4) is 0 Å². The van der Waals surface area contributed by atoms with Gasteiger partial charge in [-0.25, -0.2) is 9.78 Å². The van der Waals surface area contributed by atoms with E-state index in [1.165, 1.54) is 11.6 Å². The van der Waals surface area contributed by atoms with E-state index >= 15 is 0 Å². The van der Waals surface area contributed by atoms with Crippen molar-refractivity contribution in [3.8, 4) is 0 Å². The van der Waals surface area contributed by atoms with Gasteiger partial charge in [-0.3, -0.25) is 13.9 Å². The Morgan fingerprint density at radius 2 is 2.00 bits per heavy atom. The minimum absolute atomic E-state index is 0.0289. The zero-order chi connectivity index (χ0) is 15.7. The number of ether oxygens (including phenoxy) is 1. The molecule has 0 aliphatic rings. The lowest BCUT2D eigenvalue weighted by Crippen LogP contribution is -2.38. The van der Waals surface area contributed by atoms with Crippen molar-refractivity contribution >= 4 is 16.7 Å². The van der Waals surface area contributed by atoms with Gasteiger partial charge in [0.2, 0.25) is 0 Å². The number of nitrogens with one attached hydrogen (secondary N) is 1. The summed E-state index contributed by atoms with van der Waals surface area (Å²) in [5.74, 6) is 0. The highest BCUT2D eigenvalue weighted by Gasteiger charge is 2.16. The molecule has 7 nitrogen and oxygen atoms in total. The Kier molecular flexibility index (Phi) is 4.13. The maximum Gasteiger partial charge on any atom is 0.332 e. The van der Waals surface area contributed by atoms with Gasteiger partial charge in [0.05, 0.1) is 12.3 Å². The second kappa shape index (κ2) is 5.69. The van der Waals surface area contributed by atoms with Crippen molar-refractivity contribution in [3.63, 3.8) is 0 Å². The van der Waals surface area contributed by atoms with Crippen LogP contribution in [0.5, 0.6) is 0 Å². The number of pyridine rings is 1. The fourth-order valence-electron chi connectivity index (χ4n) is 2.35. The minimum atomic E-state index is -0.389. The van der Waals surface area contributed by atoms with E-state index in [9.17, 15) is 9.59 Å². The van der Waals surface area contributed by atoms with Crippen molar-refractivity contribution < 1.29 is 4.74 Å². The summed E-state index contributed by atoms with van der Waals surface area (Å²) >= 11 is 0. The third-order valence-corrected chi connectivity index (χ3v) is 3.47. The topological polar surface area (TPSA) is 78.2 Å². The van der Waals surface area contributed by atoms with Gasteiger partial charge < -0.3 is 10.1 Å². The molecule has 2 rings (SSSR count). The second-order valence-electron chi connectivity index (χ2n) is 5.22. The summed E-state index contributed by atoms with van der Waals surface area (Å²) < 4.78 is 7.58. The molecule has 0 fully saturated rings. The van der Waals surface area contributed by atoms with Crippen LogP contribution in [-0.4, -0.2) is 33.9 Å². The normalized spacial score (nSPS) is 12.6. The maximum atomic E-state index is 12.5. The highest BCUT2D eigenvalue weighted by Crippen LogP contribution is 2.22. The standard InChI is InChI=1S/C14H20N4O3/c1-8-6-15-12-10(11(8)16-9(2)7-21-5)13(19)18(4)14(20)17(12)3/h6,9H,7H2,1-5H3,(H,15,16). The molecule has 0 aliphatic carbocycles. The van der Waals surface area contributed by atoms with Gasteiger partial charge in [-0.1, -0.05) is 0 Å². The van der Waals surface area contributed by atoms with Gasteiger partial charge in [0.15, 0.2) is 5.65 Å². The highest BCUT2D eigenvalue weighted by molar-refractivity contribution is 5.90. The molecule has 2 aromatic heterocycles. The van der Waals surface area contributed by atoms with Crippen LogP contribution in [0.25, 0.3) is 11.0 Å². The molecule has 2 heterocycles. The van der Waals surface area contributed by atoms with Crippen molar-refractivity contribution in [2.45, 2.75) is 19.9 Å². The summed E-state index contributed by atoms with van der Waals surface area (Å²) in [5, 5.41) is 3.69. The molecule has 2 aromatic rings. The first-order valence-electron chi connectivity index (χ1n) is 6.69. The molecule has 0 saturated heterocycles. The average Bonchev–Trinajstić information content (AvgIpc) is 2.45. The van der Waals surface area contributed by atoms with Crippen LogP contribution in [0.4, 0.5) is 5.69 Å². The highest BCUT2D eigenvalue weighted by atomic mass is 16.5. The number of aromatic nitrogens is 3. The molecular weight excluding hydrogens is 272 g/mol. The number of hydrogen-bond acceptors (Lipinski definition) is 5. The number of methoxy groups -OCH3 is 1. The summed E-state index contributed by atoms with van der Waals surface area (Å²) in [6.07, 6.45) is 1.66. The molecule has 1 atom stereocenters. The fraction of sp³-hybridized carbons (Fsp3) is 0.500. The quantitative estimate of drug-likeness (QED) is 0.882. The van der Waals surface area contributed by atoms with Crippen molar-refractivity contribution in [1.29, 1.82) is 0 Å². The molecule has 1 unspecified atom stereocenters. The van der Waals surface area contributed by atoms with Crippen LogP contribution in [0, 0.1) is 6.92 Å². The number of anilines is 1. The smallest absolute Gasteiger partial charge is 0.332 e. The zero-order valence-corrected chi connectivity index (χ0v) is 12.9. The maximum absolute atomic E-state index is 12.5. The van der Waals surface area contributed by atoms with Gasteiger partial charge in [-0.2, -0.15) is 0 Å². The number of fused-ring (bicyclic) bond motifs is 1. The number of aryl methyl sites for hydroxylation is 2. The molecule has 21 heavy (non-hydrogen) atoms. The Morgan fingerprint density at radius 3 is 2.62 bits per heavy atom. The van der Waals surface area contributed by atoms with Crippen molar-refractivity contribution in [2.75, 3.05) is 19.0 Å². The number of hydrogen-bond donors (Lipinski definition) is 1. The number of nitrogens with zero attached hydrogens (tertiary/aromatic N) is 3. The van der Waals surface area contributed by atoms with Crippen LogP contribution in [-0.2, 0) is 18.8 Å². The minimum Gasteiger partial charge on any atom is -0.383 e. The van der Waals surface area contributed by atoms with E-state index in [1.54, 1.807) is 20.4 Å². The summed E-state index contributed by atoms with van der Waals surface area (Å²) in [7, 11) is 4.70. The lowest BCUT2D eigenvalue weighted by Gasteiger charge is -2.18. The molecular formula is C14H20N4O3. The first kappa shape index (κ1) is 15.2. The predicted molar refractivity (Wildman–Crippen MR) is 81.9 cm³/mol. The Hall–Kier alpha value is -2.15. The van der Waals surface area contributed by atoms with Crippen LogP contribution in [0.15, 0.2) is 15.8 Å². The molecule has 1 N–H and O–H groups in total. The van der Waals surface area contributed by atoms with Gasteiger partial charge in [-0.05, 0) is 19.4 Å². The molecule has 0 aliphatic heterocycles. The summed E-state index contributed by atoms with van der Waals surface area (Å²) in [4.78, 5) is 28.7. The summed E-state index contributed by atoms with van der Waals surface area (Å²) in [6.45, 7) is 4.34. The summed E-state index contributed by atoms with van der Waals surface area (Å²) in [5.41, 5.74) is 1.18. The van der Waals surface area contributed by atoms with E-state index in [4.69, 9.17) is 4.74 Å². The van der Waals surface area contributed by atoms with E-state index in [0.29, 0.717) is 23.3 Å². The first-order valence-corrected chi connectivity index (χ1v) is 6.69. The molecule has 0 radical (unpaired) electrons.